The molecule has 1 heterocycles. The molecule has 0 fully saturated rings. The summed E-state index contributed by atoms with van der Waals surface area (Å²) in [7, 11) is 0. The zero-order valence-corrected chi connectivity index (χ0v) is 13.5. The number of aromatic nitrogens is 1. The maximum Gasteiger partial charge on any atom is 1.00 e. The zero-order chi connectivity index (χ0) is 11.4. The Bertz CT molecular complexity index is 377. The van der Waals surface area contributed by atoms with Crippen LogP contribution in [0.25, 0.3) is 0 Å². The number of thiazole rings is 1. The van der Waals surface area contributed by atoms with Crippen LogP contribution in [0.3, 0.4) is 0 Å². The van der Waals surface area contributed by atoms with Crippen LogP contribution in [0.4, 0.5) is 0 Å². The number of aromatic carboxylic acids is 1. The molecule has 1 aromatic heterocycles. The number of carboxylic acid groups (broad SMARTS) is 1. The van der Waals surface area contributed by atoms with Crippen molar-refractivity contribution in [1.82, 2.24) is 9.88 Å². The van der Waals surface area contributed by atoms with Crippen LogP contribution in [-0.2, 0) is 0 Å². The van der Waals surface area contributed by atoms with E-state index in [9.17, 15) is 14.7 Å². The van der Waals surface area contributed by atoms with Gasteiger partial charge < -0.3 is 14.8 Å². The SMILES string of the molecule is CCN(CC)C(=O)c1csc(C(=O)[O-])n1.[K+]. The molecule has 0 unspecified atom stereocenters. The minimum Gasteiger partial charge on any atom is -0.542 e. The Morgan fingerprint density at radius 2 is 2.00 bits per heavy atom. The molecule has 0 aromatic carbocycles. The summed E-state index contributed by atoms with van der Waals surface area (Å²) >= 11 is 0.904. The molecule has 0 aliphatic rings. The van der Waals surface area contributed by atoms with Gasteiger partial charge in [0.1, 0.15) is 16.7 Å². The van der Waals surface area contributed by atoms with E-state index in [1.165, 1.54) is 5.38 Å². The largest absolute Gasteiger partial charge is 1.00 e. The predicted octanol–water partition coefficient (Wildman–Crippen LogP) is -3.01. The first-order chi connectivity index (χ1) is 7.10. The molecular weight excluding hydrogens is 255 g/mol. The third-order valence-corrected chi connectivity index (χ3v) is 2.77. The molecule has 0 aliphatic heterocycles. The summed E-state index contributed by atoms with van der Waals surface area (Å²) in [5, 5.41) is 11.7. The summed E-state index contributed by atoms with van der Waals surface area (Å²) in [4.78, 5) is 27.4. The van der Waals surface area contributed by atoms with E-state index in [-0.39, 0.29) is 68.0 Å². The second kappa shape index (κ2) is 7.52. The Hall–Kier alpha value is 0.206. The van der Waals surface area contributed by atoms with Crippen molar-refractivity contribution in [2.75, 3.05) is 13.1 Å². The molecule has 0 N–H and O–H groups in total. The standard InChI is InChI=1S/C9H12N2O3S.K/c1-3-11(4-2)8(12)6-5-15-7(10-6)9(13)14;/h5H,3-4H2,1-2H3,(H,13,14);/q;+1/p-1. The number of carbonyl (C=O) groups is 2. The molecule has 7 heteroatoms. The number of nitrogens with zero attached hydrogens (tertiary/aromatic N) is 2. The summed E-state index contributed by atoms with van der Waals surface area (Å²) in [5.74, 6) is -1.60. The zero-order valence-electron chi connectivity index (χ0n) is 9.52. The first-order valence-corrected chi connectivity index (χ1v) is 5.44. The maximum absolute atomic E-state index is 11.7. The second-order valence-electron chi connectivity index (χ2n) is 2.80. The predicted molar refractivity (Wildman–Crippen MR) is 53.7 cm³/mol. The number of amides is 1. The van der Waals surface area contributed by atoms with Crippen LogP contribution in [0.2, 0.25) is 0 Å². The third-order valence-electron chi connectivity index (χ3n) is 1.95. The summed E-state index contributed by atoms with van der Waals surface area (Å²) < 4.78 is 0. The van der Waals surface area contributed by atoms with Crippen LogP contribution >= 0.6 is 11.3 Å². The summed E-state index contributed by atoms with van der Waals surface area (Å²) in [6.07, 6.45) is 0. The van der Waals surface area contributed by atoms with Gasteiger partial charge in [-0.1, -0.05) is 0 Å². The van der Waals surface area contributed by atoms with Gasteiger partial charge in [0, 0.05) is 18.5 Å². The minimum atomic E-state index is -1.35. The van der Waals surface area contributed by atoms with Crippen LogP contribution in [0.1, 0.15) is 34.1 Å². The van der Waals surface area contributed by atoms with Gasteiger partial charge in [0.15, 0.2) is 0 Å². The Morgan fingerprint density at radius 1 is 1.44 bits per heavy atom. The van der Waals surface area contributed by atoms with E-state index >= 15 is 0 Å². The van der Waals surface area contributed by atoms with E-state index in [1.54, 1.807) is 4.90 Å². The van der Waals surface area contributed by atoms with Gasteiger partial charge in [-0.3, -0.25) is 4.79 Å². The molecule has 0 saturated carbocycles. The monoisotopic (exact) mass is 266 g/mol. The van der Waals surface area contributed by atoms with Crippen LogP contribution in [-0.4, -0.2) is 34.8 Å². The van der Waals surface area contributed by atoms with Gasteiger partial charge in [0.2, 0.25) is 0 Å². The van der Waals surface area contributed by atoms with Crippen molar-refractivity contribution in [3.05, 3.63) is 16.1 Å². The molecule has 0 radical (unpaired) electrons. The van der Waals surface area contributed by atoms with Crippen molar-refractivity contribution in [2.45, 2.75) is 13.8 Å². The fourth-order valence-corrected chi connectivity index (χ4v) is 1.76. The fourth-order valence-electron chi connectivity index (χ4n) is 1.14. The van der Waals surface area contributed by atoms with E-state index in [2.05, 4.69) is 4.98 Å². The average molecular weight is 266 g/mol. The van der Waals surface area contributed by atoms with Gasteiger partial charge in [-0.25, -0.2) is 4.98 Å². The molecule has 16 heavy (non-hydrogen) atoms. The van der Waals surface area contributed by atoms with Gasteiger partial charge in [-0.2, -0.15) is 0 Å². The van der Waals surface area contributed by atoms with E-state index in [4.69, 9.17) is 0 Å². The van der Waals surface area contributed by atoms with Gasteiger partial charge in [-0.05, 0) is 13.8 Å². The van der Waals surface area contributed by atoms with Crippen LogP contribution < -0.4 is 56.5 Å². The normalized spacial score (nSPS) is 9.38. The molecule has 1 rings (SSSR count). The van der Waals surface area contributed by atoms with E-state index < -0.39 is 5.97 Å². The molecule has 0 atom stereocenters. The summed E-state index contributed by atoms with van der Waals surface area (Å²) in [5.41, 5.74) is 0.169. The number of hydrogen-bond donors (Lipinski definition) is 0. The van der Waals surface area contributed by atoms with Gasteiger partial charge in [0.25, 0.3) is 5.91 Å². The van der Waals surface area contributed by atoms with Gasteiger partial charge in [-0.15, -0.1) is 11.3 Å². The molecule has 0 saturated heterocycles. The summed E-state index contributed by atoms with van der Waals surface area (Å²) in [6, 6.07) is 0. The molecule has 82 valence electrons. The van der Waals surface area contributed by atoms with Crippen molar-refractivity contribution in [3.63, 3.8) is 0 Å². The number of carboxylic acids is 1. The Kier molecular flexibility index (Phi) is 7.61. The van der Waals surface area contributed by atoms with Crippen LogP contribution in [0.5, 0.6) is 0 Å². The van der Waals surface area contributed by atoms with Crippen molar-refractivity contribution in [1.29, 1.82) is 0 Å². The number of hydrogen-bond acceptors (Lipinski definition) is 5. The maximum atomic E-state index is 11.7. The van der Waals surface area contributed by atoms with Crippen molar-refractivity contribution < 1.29 is 66.1 Å². The van der Waals surface area contributed by atoms with Crippen molar-refractivity contribution in [3.8, 4) is 0 Å². The average Bonchev–Trinajstić information content (AvgIpc) is 2.68. The van der Waals surface area contributed by atoms with E-state index in [0.29, 0.717) is 13.1 Å². The first kappa shape index (κ1) is 16.2. The quantitative estimate of drug-likeness (QED) is 0.544. The van der Waals surface area contributed by atoms with Crippen LogP contribution in [0.15, 0.2) is 5.38 Å². The van der Waals surface area contributed by atoms with Crippen molar-refractivity contribution >= 4 is 23.2 Å². The number of rotatable bonds is 4. The third kappa shape index (κ3) is 3.90. The minimum absolute atomic E-state index is 0. The Labute approximate surface area is 140 Å². The second-order valence-corrected chi connectivity index (χ2v) is 3.66. The van der Waals surface area contributed by atoms with Gasteiger partial charge in [0.05, 0.1) is 0 Å². The molecule has 1 aromatic rings. The topological polar surface area (TPSA) is 73.3 Å². The number of carbonyl (C=O) groups excluding carboxylic acids is 2. The Morgan fingerprint density at radius 3 is 2.38 bits per heavy atom. The fraction of sp³-hybridized carbons (Fsp3) is 0.444. The molecule has 1 amide bonds. The first-order valence-electron chi connectivity index (χ1n) is 4.56. The molecule has 5 nitrogen and oxygen atoms in total. The van der Waals surface area contributed by atoms with Gasteiger partial charge >= 0.3 is 51.4 Å². The molecule has 0 spiro atoms. The van der Waals surface area contributed by atoms with Crippen LogP contribution in [0, 0.1) is 0 Å². The molecule has 0 bridgehead atoms. The molecule has 0 aliphatic carbocycles. The smallest absolute Gasteiger partial charge is 0.542 e. The van der Waals surface area contributed by atoms with Crippen molar-refractivity contribution in [2.24, 2.45) is 0 Å². The summed E-state index contributed by atoms with van der Waals surface area (Å²) in [6.45, 7) is 4.86. The molecular formula is C9H11KN2O3S. The van der Waals surface area contributed by atoms with E-state index in [0.717, 1.165) is 11.3 Å². The van der Waals surface area contributed by atoms with E-state index in [1.807, 2.05) is 13.8 Å². The Balaban J connectivity index is 0.00000225.